The highest BCUT2D eigenvalue weighted by Crippen LogP contribution is 2.42. The highest BCUT2D eigenvalue weighted by atomic mass is 14.9. The predicted octanol–water partition coefficient (Wildman–Crippen LogP) is 11.4. The molecule has 7 aromatic carbocycles. The van der Waals surface area contributed by atoms with E-state index in [-0.39, 0.29) is 0 Å². The van der Waals surface area contributed by atoms with Gasteiger partial charge in [0.1, 0.15) is 0 Å². The number of nitrogens with one attached hydrogen (secondary N) is 1. The van der Waals surface area contributed by atoms with Crippen molar-refractivity contribution in [3.63, 3.8) is 0 Å². The fraction of sp³-hybridized carbons (Fsp3) is 0.0851. The van der Waals surface area contributed by atoms with Crippen LogP contribution in [0.25, 0.3) is 50.0 Å². The first-order valence-electron chi connectivity index (χ1n) is 17.1. The maximum atomic E-state index is 4.89. The van der Waals surface area contributed by atoms with Gasteiger partial charge in [0, 0.05) is 24.9 Å². The Morgan fingerprint density at radius 3 is 1.88 bits per heavy atom. The molecule has 236 valence electrons. The quantitative estimate of drug-likeness (QED) is 0.131. The van der Waals surface area contributed by atoms with Crippen LogP contribution in [-0.4, -0.2) is 12.8 Å². The Labute approximate surface area is 288 Å². The van der Waals surface area contributed by atoms with Crippen molar-refractivity contribution in [2.24, 2.45) is 4.99 Å². The Hall–Kier alpha value is -5.99. The number of nitrogens with zero attached hydrogens (tertiary/aromatic N) is 1. The normalized spacial score (nSPS) is 13.3. The van der Waals surface area contributed by atoms with E-state index in [1.807, 2.05) is 7.05 Å². The van der Waals surface area contributed by atoms with E-state index in [4.69, 9.17) is 4.99 Å². The van der Waals surface area contributed by atoms with E-state index in [0.717, 1.165) is 41.9 Å². The molecule has 0 heterocycles. The summed E-state index contributed by atoms with van der Waals surface area (Å²) in [4.78, 5) is 4.89. The minimum atomic E-state index is 0.725. The number of rotatable bonds is 8. The van der Waals surface area contributed by atoms with E-state index >= 15 is 0 Å². The van der Waals surface area contributed by atoms with E-state index < -0.39 is 0 Å². The maximum absolute atomic E-state index is 4.89. The SMILES string of the molecule is C/N=C(\C=C(/NCc1ccccc1)c1ccccc1)c1ccccc1-c1ccccc1C1=Cc2c(c3ccccc3c3ccccc23)CC1. The number of fused-ring (bicyclic) bond motifs is 6. The highest BCUT2D eigenvalue weighted by Gasteiger charge is 2.21. The fourth-order valence-electron chi connectivity index (χ4n) is 7.38. The van der Waals surface area contributed by atoms with Crippen LogP contribution in [0.15, 0.2) is 169 Å². The van der Waals surface area contributed by atoms with Crippen LogP contribution in [0.5, 0.6) is 0 Å². The molecule has 0 bridgehead atoms. The molecule has 0 spiro atoms. The molecule has 0 atom stereocenters. The minimum Gasteiger partial charge on any atom is -0.380 e. The van der Waals surface area contributed by atoms with Crippen molar-refractivity contribution in [1.82, 2.24) is 5.32 Å². The number of allylic oxidation sites excluding steroid dienone is 2. The van der Waals surface area contributed by atoms with E-state index in [9.17, 15) is 0 Å². The van der Waals surface area contributed by atoms with Crippen molar-refractivity contribution in [3.05, 3.63) is 197 Å². The number of benzene rings is 7. The Bertz CT molecular complexity index is 2380. The molecule has 2 heteroatoms. The summed E-state index contributed by atoms with van der Waals surface area (Å²) in [5.74, 6) is 0. The largest absolute Gasteiger partial charge is 0.380 e. The van der Waals surface area contributed by atoms with Crippen molar-refractivity contribution in [2.75, 3.05) is 7.05 Å². The van der Waals surface area contributed by atoms with Gasteiger partial charge in [-0.25, -0.2) is 0 Å². The Morgan fingerprint density at radius 2 is 1.14 bits per heavy atom. The van der Waals surface area contributed by atoms with Gasteiger partial charge in [0.2, 0.25) is 0 Å². The van der Waals surface area contributed by atoms with Gasteiger partial charge in [0.25, 0.3) is 0 Å². The lowest BCUT2D eigenvalue weighted by molar-refractivity contribution is 0.890. The fourth-order valence-corrected chi connectivity index (χ4v) is 7.38. The van der Waals surface area contributed by atoms with Crippen LogP contribution in [0, 0.1) is 0 Å². The summed E-state index contributed by atoms with van der Waals surface area (Å²) in [7, 11) is 1.89. The molecular formula is C47H38N2. The molecule has 0 aromatic heterocycles. The third-order valence-corrected chi connectivity index (χ3v) is 9.75. The van der Waals surface area contributed by atoms with Gasteiger partial charge >= 0.3 is 0 Å². The van der Waals surface area contributed by atoms with Gasteiger partial charge in [0.05, 0.1) is 5.71 Å². The van der Waals surface area contributed by atoms with Crippen LogP contribution < -0.4 is 5.32 Å². The summed E-state index contributed by atoms with van der Waals surface area (Å²) in [5, 5.41) is 9.08. The number of hydrogen-bond donors (Lipinski definition) is 1. The van der Waals surface area contributed by atoms with Crippen LogP contribution in [0.4, 0.5) is 0 Å². The van der Waals surface area contributed by atoms with Crippen LogP contribution in [0.3, 0.4) is 0 Å². The van der Waals surface area contributed by atoms with Crippen LogP contribution in [0.2, 0.25) is 0 Å². The zero-order valence-electron chi connectivity index (χ0n) is 27.7. The summed E-state index contributed by atoms with van der Waals surface area (Å²) in [6, 6.07) is 56.4. The third kappa shape index (κ3) is 5.98. The summed E-state index contributed by atoms with van der Waals surface area (Å²) in [6.45, 7) is 0.725. The molecule has 1 aliphatic carbocycles. The van der Waals surface area contributed by atoms with Crippen molar-refractivity contribution in [3.8, 4) is 11.1 Å². The van der Waals surface area contributed by atoms with E-state index in [0.29, 0.717) is 0 Å². The molecule has 0 unspecified atom stereocenters. The summed E-state index contributed by atoms with van der Waals surface area (Å²) in [6.07, 6.45) is 6.67. The van der Waals surface area contributed by atoms with Crippen LogP contribution >= 0.6 is 0 Å². The minimum absolute atomic E-state index is 0.725. The molecule has 8 rings (SSSR count). The molecule has 7 aromatic rings. The van der Waals surface area contributed by atoms with Gasteiger partial charge in [-0.05, 0) is 85.0 Å². The first-order chi connectivity index (χ1) is 24.3. The standard InChI is InChI=1S/C47H38N2/c1-48-47(31-46(34-18-6-3-7-19-34)49-32-33-16-4-2-5-17-33)44-27-15-14-25-41(44)37-21-9-8-20-36(37)35-28-29-43-40-24-11-10-22-38(40)39-23-12-13-26-42(39)45(43)30-35/h2-27,30-31,49H,28-29,32H2,1H3/b46-31-,48-47+. The van der Waals surface area contributed by atoms with E-state index in [1.165, 1.54) is 60.5 Å². The second-order valence-electron chi connectivity index (χ2n) is 12.6. The molecule has 0 saturated heterocycles. The van der Waals surface area contributed by atoms with E-state index in [2.05, 4.69) is 175 Å². The molecule has 0 amide bonds. The van der Waals surface area contributed by atoms with Gasteiger partial charge in [-0.3, -0.25) is 4.99 Å². The van der Waals surface area contributed by atoms with Gasteiger partial charge in [-0.15, -0.1) is 0 Å². The van der Waals surface area contributed by atoms with E-state index in [1.54, 1.807) is 0 Å². The Kier molecular flexibility index (Phi) is 8.44. The molecule has 1 aliphatic rings. The maximum Gasteiger partial charge on any atom is 0.0670 e. The van der Waals surface area contributed by atoms with Crippen molar-refractivity contribution >= 4 is 44.6 Å². The van der Waals surface area contributed by atoms with Gasteiger partial charge < -0.3 is 5.32 Å². The lowest BCUT2D eigenvalue weighted by Crippen LogP contribution is -2.14. The molecule has 2 nitrogen and oxygen atoms in total. The lowest BCUT2D eigenvalue weighted by atomic mass is 9.81. The second-order valence-corrected chi connectivity index (χ2v) is 12.6. The van der Waals surface area contributed by atoms with Gasteiger partial charge in [0.15, 0.2) is 0 Å². The zero-order chi connectivity index (χ0) is 33.0. The summed E-state index contributed by atoms with van der Waals surface area (Å²) in [5.41, 5.74) is 13.3. The monoisotopic (exact) mass is 630 g/mol. The predicted molar refractivity (Wildman–Crippen MR) is 210 cm³/mol. The molecule has 1 N–H and O–H groups in total. The van der Waals surface area contributed by atoms with Gasteiger partial charge in [-0.2, -0.15) is 0 Å². The topological polar surface area (TPSA) is 24.4 Å². The summed E-state index contributed by atoms with van der Waals surface area (Å²) < 4.78 is 0. The highest BCUT2D eigenvalue weighted by molar-refractivity contribution is 6.17. The average molecular weight is 631 g/mol. The molecule has 0 radical (unpaired) electrons. The number of aryl methyl sites for hydroxylation is 1. The smallest absolute Gasteiger partial charge is 0.0670 e. The van der Waals surface area contributed by atoms with Crippen molar-refractivity contribution < 1.29 is 0 Å². The zero-order valence-corrected chi connectivity index (χ0v) is 27.7. The molecule has 49 heavy (non-hydrogen) atoms. The van der Waals surface area contributed by atoms with Gasteiger partial charge in [-0.1, -0.05) is 164 Å². The number of hydrogen-bond acceptors (Lipinski definition) is 2. The Balaban J connectivity index is 1.23. The first kappa shape index (κ1) is 30.4. The second kappa shape index (κ2) is 13.6. The molecule has 0 saturated carbocycles. The van der Waals surface area contributed by atoms with Crippen LogP contribution in [-0.2, 0) is 13.0 Å². The van der Waals surface area contributed by atoms with Crippen molar-refractivity contribution in [2.45, 2.75) is 19.4 Å². The first-order valence-corrected chi connectivity index (χ1v) is 17.1. The van der Waals surface area contributed by atoms with Crippen molar-refractivity contribution in [1.29, 1.82) is 0 Å². The lowest BCUT2D eigenvalue weighted by Gasteiger charge is -2.23. The summed E-state index contributed by atoms with van der Waals surface area (Å²) >= 11 is 0. The third-order valence-electron chi connectivity index (χ3n) is 9.75. The average Bonchev–Trinajstić information content (AvgIpc) is 3.19. The Morgan fingerprint density at radius 1 is 0.571 bits per heavy atom. The molecule has 0 aliphatic heterocycles. The van der Waals surface area contributed by atoms with Crippen LogP contribution in [0.1, 0.15) is 39.8 Å². The number of aliphatic imine (C=N–C) groups is 1. The molecule has 0 fully saturated rings. The molecular weight excluding hydrogens is 593 g/mol.